The highest BCUT2D eigenvalue weighted by Gasteiger charge is 2.50. The van der Waals surface area contributed by atoms with Crippen molar-refractivity contribution in [3.8, 4) is 0 Å². The Kier molecular flexibility index (Phi) is 1.99. The minimum absolute atomic E-state index is 0.0620. The second-order valence-electron chi connectivity index (χ2n) is 5.01. The number of fused-ring (bicyclic) bond motifs is 3. The summed E-state index contributed by atoms with van der Waals surface area (Å²) in [5.74, 6) is 0.611. The van der Waals surface area contributed by atoms with Gasteiger partial charge < -0.3 is 9.53 Å². The lowest BCUT2D eigenvalue weighted by molar-refractivity contribution is -0.237. The van der Waals surface area contributed by atoms with Gasteiger partial charge in [0.15, 0.2) is 0 Å². The Bertz CT molecular complexity index is 216. The summed E-state index contributed by atoms with van der Waals surface area (Å²) < 4.78 is 6.07. The monoisotopic (exact) mass is 182 g/mol. The van der Waals surface area contributed by atoms with Gasteiger partial charge in [-0.25, -0.2) is 0 Å². The maximum absolute atomic E-state index is 10.6. The highest BCUT2D eigenvalue weighted by atomic mass is 16.5. The van der Waals surface area contributed by atoms with Crippen molar-refractivity contribution in [2.24, 2.45) is 5.92 Å². The van der Waals surface area contributed by atoms with Crippen molar-refractivity contribution >= 4 is 6.29 Å². The van der Waals surface area contributed by atoms with Crippen LogP contribution < -0.4 is 0 Å². The summed E-state index contributed by atoms with van der Waals surface area (Å²) >= 11 is 0. The van der Waals surface area contributed by atoms with Gasteiger partial charge in [-0.1, -0.05) is 0 Å². The molecular formula is C11H18O2. The predicted molar refractivity (Wildman–Crippen MR) is 50.5 cm³/mol. The van der Waals surface area contributed by atoms with Crippen molar-refractivity contribution in [3.05, 3.63) is 0 Å². The number of ether oxygens (including phenoxy) is 1. The van der Waals surface area contributed by atoms with E-state index < -0.39 is 0 Å². The van der Waals surface area contributed by atoms with Crippen LogP contribution >= 0.6 is 0 Å². The van der Waals surface area contributed by atoms with E-state index in [4.69, 9.17) is 4.74 Å². The third-order valence-corrected chi connectivity index (χ3v) is 3.88. The number of hydrogen-bond acceptors (Lipinski definition) is 2. The van der Waals surface area contributed by atoms with Crippen molar-refractivity contribution in [2.75, 3.05) is 0 Å². The van der Waals surface area contributed by atoms with Crippen molar-refractivity contribution in [1.82, 2.24) is 0 Å². The molecule has 1 unspecified atom stereocenters. The van der Waals surface area contributed by atoms with Gasteiger partial charge in [0.05, 0.1) is 11.2 Å². The first-order chi connectivity index (χ1) is 6.08. The van der Waals surface area contributed by atoms with E-state index in [2.05, 4.69) is 13.8 Å². The van der Waals surface area contributed by atoms with Gasteiger partial charge in [0, 0.05) is 6.42 Å². The van der Waals surface area contributed by atoms with Crippen LogP contribution in [0, 0.1) is 5.92 Å². The average Bonchev–Trinajstić information content (AvgIpc) is 2.03. The Morgan fingerprint density at radius 2 is 2.00 bits per heavy atom. The standard InChI is InChI=1S/C11H18O2/c1-10-5-3-9(4-6-10)11(2,13-10)7-8-12/h8-9H,3-7H2,1-2H3. The van der Waals surface area contributed by atoms with Crippen LogP contribution in [-0.2, 0) is 9.53 Å². The fourth-order valence-electron chi connectivity index (χ4n) is 2.96. The molecule has 2 saturated heterocycles. The summed E-state index contributed by atoms with van der Waals surface area (Å²) in [6.45, 7) is 4.29. The van der Waals surface area contributed by atoms with Crippen LogP contribution in [0.25, 0.3) is 0 Å². The third-order valence-electron chi connectivity index (χ3n) is 3.88. The van der Waals surface area contributed by atoms with Gasteiger partial charge in [0.1, 0.15) is 6.29 Å². The highest BCUT2D eigenvalue weighted by molar-refractivity contribution is 5.51. The zero-order valence-corrected chi connectivity index (χ0v) is 8.51. The van der Waals surface area contributed by atoms with Gasteiger partial charge in [-0.3, -0.25) is 0 Å². The molecule has 0 aromatic rings. The summed E-state index contributed by atoms with van der Waals surface area (Å²) in [5.41, 5.74) is -0.0977. The molecule has 3 rings (SSSR count). The molecule has 0 spiro atoms. The number of carbonyl (C=O) groups is 1. The summed E-state index contributed by atoms with van der Waals surface area (Å²) in [5, 5.41) is 0. The smallest absolute Gasteiger partial charge is 0.122 e. The van der Waals surface area contributed by atoms with Crippen LogP contribution in [0.2, 0.25) is 0 Å². The van der Waals surface area contributed by atoms with Crippen LogP contribution in [-0.4, -0.2) is 17.5 Å². The minimum atomic E-state index is -0.160. The molecule has 0 amide bonds. The number of carbonyl (C=O) groups excluding carboxylic acids is 1. The van der Waals surface area contributed by atoms with E-state index in [1.165, 1.54) is 25.7 Å². The Morgan fingerprint density at radius 3 is 2.46 bits per heavy atom. The summed E-state index contributed by atoms with van der Waals surface area (Å²) in [7, 11) is 0. The number of aldehydes is 1. The lowest BCUT2D eigenvalue weighted by Gasteiger charge is -2.54. The van der Waals surface area contributed by atoms with E-state index in [9.17, 15) is 4.79 Å². The Labute approximate surface area is 79.7 Å². The van der Waals surface area contributed by atoms with Gasteiger partial charge >= 0.3 is 0 Å². The van der Waals surface area contributed by atoms with Crippen LogP contribution in [0.1, 0.15) is 46.0 Å². The van der Waals surface area contributed by atoms with E-state index in [0.29, 0.717) is 12.3 Å². The molecule has 0 aromatic carbocycles. The third kappa shape index (κ3) is 1.41. The first-order valence-electron chi connectivity index (χ1n) is 5.22. The molecule has 2 heteroatoms. The van der Waals surface area contributed by atoms with E-state index in [1.807, 2.05) is 0 Å². The van der Waals surface area contributed by atoms with Gasteiger partial charge in [-0.15, -0.1) is 0 Å². The molecule has 0 radical (unpaired) electrons. The van der Waals surface area contributed by atoms with Crippen LogP contribution in [0.5, 0.6) is 0 Å². The second kappa shape index (κ2) is 2.81. The molecule has 1 saturated carbocycles. The first-order valence-corrected chi connectivity index (χ1v) is 5.22. The van der Waals surface area contributed by atoms with E-state index in [1.54, 1.807) is 0 Å². The average molecular weight is 182 g/mol. The van der Waals surface area contributed by atoms with Gasteiger partial charge in [0.2, 0.25) is 0 Å². The van der Waals surface area contributed by atoms with Gasteiger partial charge in [0.25, 0.3) is 0 Å². The van der Waals surface area contributed by atoms with Crippen molar-refractivity contribution in [1.29, 1.82) is 0 Å². The summed E-state index contributed by atoms with van der Waals surface area (Å²) in [6.07, 6.45) is 6.39. The molecule has 74 valence electrons. The molecule has 13 heavy (non-hydrogen) atoms. The van der Waals surface area contributed by atoms with E-state index in [0.717, 1.165) is 6.29 Å². The Morgan fingerprint density at radius 1 is 1.38 bits per heavy atom. The maximum Gasteiger partial charge on any atom is 0.122 e. The lowest BCUT2D eigenvalue weighted by atomic mass is 9.67. The highest BCUT2D eigenvalue weighted by Crippen LogP contribution is 2.50. The van der Waals surface area contributed by atoms with Gasteiger partial charge in [-0.2, -0.15) is 0 Å². The molecule has 2 heterocycles. The van der Waals surface area contributed by atoms with Crippen LogP contribution in [0.4, 0.5) is 0 Å². The summed E-state index contributed by atoms with van der Waals surface area (Å²) in [6, 6.07) is 0. The predicted octanol–water partition coefficient (Wildman–Crippen LogP) is 2.31. The molecule has 0 N–H and O–H groups in total. The normalized spacial score (nSPS) is 49.2. The molecule has 1 aliphatic carbocycles. The summed E-state index contributed by atoms with van der Waals surface area (Å²) in [4.78, 5) is 10.6. The quantitative estimate of drug-likeness (QED) is 0.612. The second-order valence-corrected chi connectivity index (χ2v) is 5.01. The van der Waals surface area contributed by atoms with E-state index >= 15 is 0 Å². The lowest BCUT2D eigenvalue weighted by Crippen LogP contribution is -2.55. The molecule has 2 nitrogen and oxygen atoms in total. The molecule has 3 aliphatic rings. The molecular weight excluding hydrogens is 164 g/mol. The van der Waals surface area contributed by atoms with E-state index in [-0.39, 0.29) is 11.2 Å². The van der Waals surface area contributed by atoms with Gasteiger partial charge in [-0.05, 0) is 45.4 Å². The zero-order valence-electron chi connectivity index (χ0n) is 8.51. The SMILES string of the molecule is CC12CCC(CC1)C(C)(CC=O)O2. The molecule has 1 atom stereocenters. The minimum Gasteiger partial charge on any atom is -0.368 e. The van der Waals surface area contributed by atoms with Crippen molar-refractivity contribution in [2.45, 2.75) is 57.2 Å². The Hall–Kier alpha value is -0.370. The van der Waals surface area contributed by atoms with Crippen LogP contribution in [0.15, 0.2) is 0 Å². The fourth-order valence-corrected chi connectivity index (χ4v) is 2.96. The van der Waals surface area contributed by atoms with Crippen molar-refractivity contribution < 1.29 is 9.53 Å². The maximum atomic E-state index is 10.6. The topological polar surface area (TPSA) is 26.3 Å². The number of hydrogen-bond donors (Lipinski definition) is 0. The van der Waals surface area contributed by atoms with Crippen molar-refractivity contribution in [3.63, 3.8) is 0 Å². The largest absolute Gasteiger partial charge is 0.368 e. The first kappa shape index (κ1) is 9.20. The zero-order chi connectivity index (χ0) is 9.53. The number of rotatable bonds is 2. The van der Waals surface area contributed by atoms with Crippen LogP contribution in [0.3, 0.4) is 0 Å². The molecule has 2 aliphatic heterocycles. The molecule has 2 bridgehead atoms. The molecule has 0 aromatic heterocycles. The fraction of sp³-hybridized carbons (Fsp3) is 0.909. The Balaban J connectivity index is 2.18. The molecule has 3 fully saturated rings.